The van der Waals surface area contributed by atoms with Gasteiger partial charge in [-0.25, -0.2) is 9.59 Å². The van der Waals surface area contributed by atoms with E-state index in [1.54, 1.807) is 72.8 Å². The van der Waals surface area contributed by atoms with E-state index in [9.17, 15) is 29.4 Å². The first kappa shape index (κ1) is 23.9. The maximum Gasteiger partial charge on any atom is 0.336 e. The number of benzene rings is 4. The molecule has 4 rings (SSSR count). The molecule has 4 aromatic carbocycles. The lowest BCUT2D eigenvalue weighted by Crippen LogP contribution is -2.16. The number of carbonyl (C=O) groups is 4. The molecule has 0 unspecified atom stereocenters. The molecule has 0 aliphatic heterocycles. The minimum atomic E-state index is -1.18. The number of nitrogens with one attached hydrogen (secondary N) is 2. The zero-order chi connectivity index (χ0) is 25.7. The highest BCUT2D eigenvalue weighted by Crippen LogP contribution is 2.24. The normalized spacial score (nSPS) is 10.3. The molecule has 4 aromatic rings. The minimum absolute atomic E-state index is 0.0673. The summed E-state index contributed by atoms with van der Waals surface area (Å²) in [4.78, 5) is 47.8. The van der Waals surface area contributed by atoms with Gasteiger partial charge in [-0.05, 0) is 59.7 Å². The van der Waals surface area contributed by atoms with E-state index in [0.717, 1.165) is 11.1 Å². The van der Waals surface area contributed by atoms with Crippen LogP contribution in [0.3, 0.4) is 0 Å². The molecule has 0 bridgehead atoms. The summed E-state index contributed by atoms with van der Waals surface area (Å²) in [5.41, 5.74) is 2.70. The average Bonchev–Trinajstić information content (AvgIpc) is 2.89. The number of aromatic carboxylic acids is 2. The summed E-state index contributed by atoms with van der Waals surface area (Å²) in [5.74, 6) is -3.40. The van der Waals surface area contributed by atoms with Crippen LogP contribution in [-0.4, -0.2) is 34.0 Å². The fraction of sp³-hybridized carbons (Fsp3) is 0. The van der Waals surface area contributed by atoms with Crippen molar-refractivity contribution < 1.29 is 29.4 Å². The predicted molar refractivity (Wildman–Crippen MR) is 135 cm³/mol. The fourth-order valence-corrected chi connectivity index (χ4v) is 3.62. The van der Waals surface area contributed by atoms with E-state index >= 15 is 0 Å². The molecule has 4 N–H and O–H groups in total. The van der Waals surface area contributed by atoms with Crippen LogP contribution in [0.25, 0.3) is 11.1 Å². The van der Waals surface area contributed by atoms with Crippen molar-refractivity contribution in [3.8, 4) is 11.1 Å². The van der Waals surface area contributed by atoms with Crippen molar-refractivity contribution in [2.24, 2.45) is 0 Å². The van der Waals surface area contributed by atoms with Gasteiger partial charge in [0, 0.05) is 11.4 Å². The summed E-state index contributed by atoms with van der Waals surface area (Å²) in [5, 5.41) is 24.0. The molecule has 0 atom stereocenters. The molecule has 0 aliphatic carbocycles. The summed E-state index contributed by atoms with van der Waals surface area (Å²) < 4.78 is 0. The lowest BCUT2D eigenvalue weighted by molar-refractivity contribution is 0.0683. The quantitative estimate of drug-likeness (QED) is 0.285. The second-order valence-corrected chi connectivity index (χ2v) is 7.76. The Kier molecular flexibility index (Phi) is 6.87. The third-order valence-corrected chi connectivity index (χ3v) is 5.42. The molecule has 0 radical (unpaired) electrons. The van der Waals surface area contributed by atoms with Gasteiger partial charge in [0.1, 0.15) is 0 Å². The Labute approximate surface area is 205 Å². The molecule has 8 heteroatoms. The van der Waals surface area contributed by atoms with Crippen molar-refractivity contribution in [3.05, 3.63) is 119 Å². The van der Waals surface area contributed by atoms with Crippen LogP contribution < -0.4 is 10.6 Å². The van der Waals surface area contributed by atoms with Gasteiger partial charge < -0.3 is 20.8 Å². The number of carbonyl (C=O) groups excluding carboxylic acids is 2. The predicted octanol–water partition coefficient (Wildman–Crippen LogP) is 5.25. The molecule has 8 nitrogen and oxygen atoms in total. The molecule has 0 saturated heterocycles. The van der Waals surface area contributed by atoms with E-state index in [-0.39, 0.29) is 22.3 Å². The van der Waals surface area contributed by atoms with Crippen LogP contribution in [0, 0.1) is 0 Å². The van der Waals surface area contributed by atoms with Gasteiger partial charge in [0.15, 0.2) is 0 Å². The summed E-state index contributed by atoms with van der Waals surface area (Å²) in [6.45, 7) is 0. The second kappa shape index (κ2) is 10.4. The smallest absolute Gasteiger partial charge is 0.336 e. The zero-order valence-corrected chi connectivity index (χ0v) is 18.8. The largest absolute Gasteiger partial charge is 0.478 e. The highest BCUT2D eigenvalue weighted by Gasteiger charge is 2.17. The van der Waals surface area contributed by atoms with Gasteiger partial charge in [-0.1, -0.05) is 48.5 Å². The molecule has 0 fully saturated rings. The number of rotatable bonds is 7. The molecule has 2 amide bonds. The Bertz CT molecular complexity index is 1350. The highest BCUT2D eigenvalue weighted by molar-refractivity contribution is 6.11. The van der Waals surface area contributed by atoms with Crippen molar-refractivity contribution in [3.63, 3.8) is 0 Å². The molecule has 0 spiro atoms. The van der Waals surface area contributed by atoms with Crippen molar-refractivity contribution in [1.29, 1.82) is 0 Å². The Hall–Kier alpha value is -5.24. The van der Waals surface area contributed by atoms with Gasteiger partial charge in [-0.15, -0.1) is 0 Å². The van der Waals surface area contributed by atoms with E-state index < -0.39 is 23.8 Å². The number of amides is 2. The number of hydrogen-bond acceptors (Lipinski definition) is 4. The SMILES string of the molecule is O=C(O)c1ccccc1C(=O)Nc1ccc(-c2ccc(NC(=O)c3ccccc3C(=O)O)cc2)cc1. The summed E-state index contributed by atoms with van der Waals surface area (Å²) >= 11 is 0. The molecule has 0 heterocycles. The Morgan fingerprint density at radius 1 is 0.444 bits per heavy atom. The van der Waals surface area contributed by atoms with Crippen molar-refractivity contribution in [2.75, 3.05) is 10.6 Å². The Morgan fingerprint density at radius 2 is 0.750 bits per heavy atom. The number of anilines is 2. The number of hydrogen-bond donors (Lipinski definition) is 4. The van der Waals surface area contributed by atoms with Gasteiger partial charge >= 0.3 is 11.9 Å². The summed E-state index contributed by atoms with van der Waals surface area (Å²) in [6.07, 6.45) is 0. The Balaban J connectivity index is 1.44. The summed E-state index contributed by atoms with van der Waals surface area (Å²) in [6, 6.07) is 26.0. The maximum absolute atomic E-state index is 12.5. The monoisotopic (exact) mass is 480 g/mol. The molecule has 178 valence electrons. The van der Waals surface area contributed by atoms with Crippen LogP contribution >= 0.6 is 0 Å². The molecule has 36 heavy (non-hydrogen) atoms. The topological polar surface area (TPSA) is 133 Å². The first-order valence-corrected chi connectivity index (χ1v) is 10.8. The van der Waals surface area contributed by atoms with Gasteiger partial charge in [0.05, 0.1) is 22.3 Å². The highest BCUT2D eigenvalue weighted by atomic mass is 16.4. The van der Waals surface area contributed by atoms with Gasteiger partial charge in [-0.3, -0.25) is 9.59 Å². The van der Waals surface area contributed by atoms with Crippen LogP contribution in [0.2, 0.25) is 0 Å². The van der Waals surface area contributed by atoms with Crippen molar-refractivity contribution >= 4 is 35.1 Å². The van der Waals surface area contributed by atoms with E-state index in [1.165, 1.54) is 24.3 Å². The van der Waals surface area contributed by atoms with Gasteiger partial charge in [0.2, 0.25) is 0 Å². The number of carboxylic acids is 2. The van der Waals surface area contributed by atoms with Crippen LogP contribution in [-0.2, 0) is 0 Å². The average molecular weight is 480 g/mol. The first-order valence-electron chi connectivity index (χ1n) is 10.8. The summed E-state index contributed by atoms with van der Waals surface area (Å²) in [7, 11) is 0. The maximum atomic E-state index is 12.5. The van der Waals surface area contributed by atoms with Crippen molar-refractivity contribution in [2.45, 2.75) is 0 Å². The van der Waals surface area contributed by atoms with Crippen molar-refractivity contribution in [1.82, 2.24) is 0 Å². The number of carboxylic acid groups (broad SMARTS) is 2. The minimum Gasteiger partial charge on any atom is -0.478 e. The van der Waals surface area contributed by atoms with Crippen LogP contribution in [0.15, 0.2) is 97.1 Å². The van der Waals surface area contributed by atoms with E-state index in [4.69, 9.17) is 0 Å². The molecule has 0 aliphatic rings. The second-order valence-electron chi connectivity index (χ2n) is 7.76. The zero-order valence-electron chi connectivity index (χ0n) is 18.8. The molecular formula is C28H20N2O6. The Morgan fingerprint density at radius 3 is 1.06 bits per heavy atom. The van der Waals surface area contributed by atoms with Crippen LogP contribution in [0.5, 0.6) is 0 Å². The first-order chi connectivity index (χ1) is 17.3. The third-order valence-electron chi connectivity index (χ3n) is 5.42. The lowest BCUT2D eigenvalue weighted by Gasteiger charge is -2.10. The van der Waals surface area contributed by atoms with Gasteiger partial charge in [0.25, 0.3) is 11.8 Å². The third kappa shape index (κ3) is 5.28. The molecule has 0 saturated carbocycles. The lowest BCUT2D eigenvalue weighted by atomic mass is 10.0. The van der Waals surface area contributed by atoms with Crippen LogP contribution in [0.1, 0.15) is 41.4 Å². The van der Waals surface area contributed by atoms with Gasteiger partial charge in [-0.2, -0.15) is 0 Å². The van der Waals surface area contributed by atoms with E-state index in [0.29, 0.717) is 11.4 Å². The van der Waals surface area contributed by atoms with E-state index in [1.807, 2.05) is 0 Å². The fourth-order valence-electron chi connectivity index (χ4n) is 3.62. The van der Waals surface area contributed by atoms with Crippen LogP contribution in [0.4, 0.5) is 11.4 Å². The molecule has 0 aromatic heterocycles. The molecular weight excluding hydrogens is 460 g/mol. The van der Waals surface area contributed by atoms with E-state index in [2.05, 4.69) is 10.6 Å². The standard InChI is InChI=1S/C28H20N2O6/c31-25(21-5-1-3-7-23(21)27(33)34)29-19-13-9-17(10-14-19)18-11-15-20(16-12-18)30-26(32)22-6-2-4-8-24(22)28(35)36/h1-16H,(H,29,31)(H,30,32)(H,33,34)(H,35,36).